The first-order valence-electron chi connectivity index (χ1n) is 6.15. The minimum atomic E-state index is 0.565. The van der Waals surface area contributed by atoms with Gasteiger partial charge in [-0.3, -0.25) is 0 Å². The van der Waals surface area contributed by atoms with Gasteiger partial charge in [0.25, 0.3) is 0 Å². The minimum Gasteiger partial charge on any atom is -0.381 e. The lowest BCUT2D eigenvalue weighted by molar-refractivity contribution is 0.151. The molecule has 0 unspecified atom stereocenters. The fraction of sp³-hybridized carbons (Fsp3) is 0.357. The van der Waals surface area contributed by atoms with Gasteiger partial charge >= 0.3 is 0 Å². The van der Waals surface area contributed by atoms with E-state index in [1.807, 2.05) is 19.1 Å². The quantitative estimate of drug-likeness (QED) is 0.814. The van der Waals surface area contributed by atoms with Crippen LogP contribution in [-0.2, 0) is 17.7 Å². The first-order chi connectivity index (χ1) is 8.83. The highest BCUT2D eigenvalue weighted by Gasteiger charge is 2.05. The fourth-order valence-electron chi connectivity index (χ4n) is 1.72. The molecular weight excluding hydrogens is 244 g/mol. The van der Waals surface area contributed by atoms with E-state index in [4.69, 9.17) is 10.5 Å². The normalized spacial score (nSPS) is 10.8. The first-order valence-corrected chi connectivity index (χ1v) is 7.03. The van der Waals surface area contributed by atoms with Crippen LogP contribution in [0.25, 0.3) is 11.3 Å². The SMILES string of the molecule is CCOCCc1nc(-c2cccc(CN)c2)cs1. The van der Waals surface area contributed by atoms with Crippen LogP contribution < -0.4 is 5.73 Å². The third-order valence-electron chi connectivity index (χ3n) is 2.67. The molecule has 4 heteroatoms. The van der Waals surface area contributed by atoms with Crippen LogP contribution in [0.1, 0.15) is 17.5 Å². The number of nitrogens with two attached hydrogens (primary N) is 1. The van der Waals surface area contributed by atoms with Gasteiger partial charge in [-0.2, -0.15) is 0 Å². The molecule has 0 fully saturated rings. The Labute approximate surface area is 112 Å². The highest BCUT2D eigenvalue weighted by atomic mass is 32.1. The predicted molar refractivity (Wildman–Crippen MR) is 75.6 cm³/mol. The van der Waals surface area contributed by atoms with Gasteiger partial charge in [0.15, 0.2) is 0 Å². The van der Waals surface area contributed by atoms with E-state index in [9.17, 15) is 0 Å². The largest absolute Gasteiger partial charge is 0.381 e. The van der Waals surface area contributed by atoms with Crippen molar-refractivity contribution in [2.75, 3.05) is 13.2 Å². The Bertz CT molecular complexity index is 496. The van der Waals surface area contributed by atoms with Gasteiger partial charge < -0.3 is 10.5 Å². The summed E-state index contributed by atoms with van der Waals surface area (Å²) in [5.41, 5.74) is 8.95. The Kier molecular flexibility index (Phi) is 4.87. The lowest BCUT2D eigenvalue weighted by Gasteiger charge is -2.00. The smallest absolute Gasteiger partial charge is 0.0955 e. The molecule has 0 spiro atoms. The monoisotopic (exact) mass is 262 g/mol. The molecule has 0 radical (unpaired) electrons. The minimum absolute atomic E-state index is 0.565. The predicted octanol–water partition coefficient (Wildman–Crippen LogP) is 2.85. The molecule has 1 heterocycles. The highest BCUT2D eigenvalue weighted by molar-refractivity contribution is 7.09. The average Bonchev–Trinajstić information content (AvgIpc) is 2.88. The van der Waals surface area contributed by atoms with Crippen molar-refractivity contribution >= 4 is 11.3 Å². The molecule has 1 aromatic heterocycles. The molecule has 1 aromatic carbocycles. The number of aromatic nitrogens is 1. The highest BCUT2D eigenvalue weighted by Crippen LogP contribution is 2.23. The maximum Gasteiger partial charge on any atom is 0.0955 e. The van der Waals surface area contributed by atoms with Crippen molar-refractivity contribution in [3.63, 3.8) is 0 Å². The maximum atomic E-state index is 5.65. The third kappa shape index (κ3) is 3.38. The second kappa shape index (κ2) is 6.64. The molecular formula is C14H18N2OS. The number of hydrogen-bond donors (Lipinski definition) is 1. The molecule has 0 amide bonds. The first kappa shape index (κ1) is 13.2. The molecule has 2 N–H and O–H groups in total. The van der Waals surface area contributed by atoms with Crippen molar-refractivity contribution in [3.8, 4) is 11.3 Å². The van der Waals surface area contributed by atoms with Crippen molar-refractivity contribution in [2.45, 2.75) is 19.9 Å². The summed E-state index contributed by atoms with van der Waals surface area (Å²) < 4.78 is 5.34. The Morgan fingerprint density at radius 3 is 3.06 bits per heavy atom. The molecule has 0 atom stereocenters. The Morgan fingerprint density at radius 1 is 1.39 bits per heavy atom. The van der Waals surface area contributed by atoms with Crippen LogP contribution >= 0.6 is 11.3 Å². The summed E-state index contributed by atoms with van der Waals surface area (Å²) in [6.07, 6.45) is 0.884. The van der Waals surface area contributed by atoms with Crippen molar-refractivity contribution in [3.05, 3.63) is 40.2 Å². The molecule has 0 aliphatic carbocycles. The van der Waals surface area contributed by atoms with Crippen LogP contribution in [-0.4, -0.2) is 18.2 Å². The molecule has 2 rings (SSSR count). The van der Waals surface area contributed by atoms with Gasteiger partial charge in [0, 0.05) is 30.5 Å². The molecule has 0 aliphatic rings. The van der Waals surface area contributed by atoms with Gasteiger partial charge in [-0.15, -0.1) is 11.3 Å². The number of nitrogens with zero attached hydrogens (tertiary/aromatic N) is 1. The van der Waals surface area contributed by atoms with E-state index in [2.05, 4.69) is 22.5 Å². The molecule has 2 aromatic rings. The second-order valence-electron chi connectivity index (χ2n) is 3.98. The van der Waals surface area contributed by atoms with Crippen molar-refractivity contribution in [1.29, 1.82) is 0 Å². The second-order valence-corrected chi connectivity index (χ2v) is 4.92. The third-order valence-corrected chi connectivity index (χ3v) is 3.58. The standard InChI is InChI=1S/C14H18N2OS/c1-2-17-7-6-14-16-13(10-18-14)12-5-3-4-11(8-12)9-15/h3-5,8,10H,2,6-7,9,15H2,1H3. The summed E-state index contributed by atoms with van der Waals surface area (Å²) in [4.78, 5) is 4.63. The van der Waals surface area contributed by atoms with Crippen LogP contribution in [0.3, 0.4) is 0 Å². The van der Waals surface area contributed by atoms with Crippen molar-refractivity contribution in [1.82, 2.24) is 4.98 Å². The summed E-state index contributed by atoms with van der Waals surface area (Å²) >= 11 is 1.69. The van der Waals surface area contributed by atoms with Crippen LogP contribution in [0.5, 0.6) is 0 Å². The molecule has 0 saturated heterocycles. The number of ether oxygens (including phenoxy) is 1. The Morgan fingerprint density at radius 2 is 2.28 bits per heavy atom. The number of benzene rings is 1. The molecule has 3 nitrogen and oxygen atoms in total. The fourth-order valence-corrected chi connectivity index (χ4v) is 2.51. The number of hydrogen-bond acceptors (Lipinski definition) is 4. The van der Waals surface area contributed by atoms with Gasteiger partial charge in [0.2, 0.25) is 0 Å². The van der Waals surface area contributed by atoms with Crippen LogP contribution in [0.2, 0.25) is 0 Å². The molecule has 18 heavy (non-hydrogen) atoms. The van der Waals surface area contributed by atoms with Crippen LogP contribution in [0, 0.1) is 0 Å². The van der Waals surface area contributed by atoms with E-state index in [1.165, 1.54) is 0 Å². The maximum absolute atomic E-state index is 5.65. The van der Waals surface area contributed by atoms with E-state index < -0.39 is 0 Å². The lowest BCUT2D eigenvalue weighted by Crippen LogP contribution is -1.97. The topological polar surface area (TPSA) is 48.1 Å². The summed E-state index contributed by atoms with van der Waals surface area (Å²) in [7, 11) is 0. The summed E-state index contributed by atoms with van der Waals surface area (Å²) in [6, 6.07) is 8.23. The van der Waals surface area contributed by atoms with E-state index in [0.717, 1.165) is 41.5 Å². The zero-order chi connectivity index (χ0) is 12.8. The lowest BCUT2D eigenvalue weighted by atomic mass is 10.1. The van der Waals surface area contributed by atoms with E-state index in [1.54, 1.807) is 11.3 Å². The van der Waals surface area contributed by atoms with Gasteiger partial charge in [0.1, 0.15) is 0 Å². The molecule has 0 saturated carbocycles. The van der Waals surface area contributed by atoms with Gasteiger partial charge in [-0.25, -0.2) is 4.98 Å². The summed E-state index contributed by atoms with van der Waals surface area (Å²) in [5, 5.41) is 3.22. The van der Waals surface area contributed by atoms with Crippen LogP contribution in [0.15, 0.2) is 29.6 Å². The van der Waals surface area contributed by atoms with Crippen LogP contribution in [0.4, 0.5) is 0 Å². The van der Waals surface area contributed by atoms with E-state index >= 15 is 0 Å². The average molecular weight is 262 g/mol. The van der Waals surface area contributed by atoms with Crippen molar-refractivity contribution < 1.29 is 4.74 Å². The molecule has 96 valence electrons. The van der Waals surface area contributed by atoms with Gasteiger partial charge in [-0.05, 0) is 18.6 Å². The molecule has 0 aliphatic heterocycles. The summed E-state index contributed by atoms with van der Waals surface area (Å²) in [5.74, 6) is 0. The zero-order valence-electron chi connectivity index (χ0n) is 10.6. The van der Waals surface area contributed by atoms with E-state index in [0.29, 0.717) is 6.54 Å². The Balaban J connectivity index is 2.08. The number of rotatable bonds is 6. The molecule has 0 bridgehead atoms. The van der Waals surface area contributed by atoms with Gasteiger partial charge in [0.05, 0.1) is 17.3 Å². The van der Waals surface area contributed by atoms with E-state index in [-0.39, 0.29) is 0 Å². The van der Waals surface area contributed by atoms with Gasteiger partial charge in [-0.1, -0.05) is 18.2 Å². The zero-order valence-corrected chi connectivity index (χ0v) is 11.4. The Hall–Kier alpha value is -1.23. The van der Waals surface area contributed by atoms with Crippen molar-refractivity contribution in [2.24, 2.45) is 5.73 Å². The number of thiazole rings is 1. The summed E-state index contributed by atoms with van der Waals surface area (Å²) in [6.45, 7) is 4.07.